The minimum atomic E-state index is -0.765. The van der Waals surface area contributed by atoms with Crippen LogP contribution >= 0.6 is 0 Å². The molecule has 0 aliphatic carbocycles. The molecule has 1 amide bonds. The molecule has 1 aromatic rings. The largest absolute Gasteiger partial charge is 0.481 e. The highest BCUT2D eigenvalue weighted by molar-refractivity contribution is 5.78. The Balaban J connectivity index is 1.77. The summed E-state index contributed by atoms with van der Waals surface area (Å²) in [6.07, 6.45) is 1.03. The van der Waals surface area contributed by atoms with E-state index in [4.69, 9.17) is 9.52 Å². The van der Waals surface area contributed by atoms with E-state index in [0.717, 1.165) is 24.5 Å². The first-order chi connectivity index (χ1) is 9.94. The molecule has 1 atom stereocenters. The molecule has 1 N–H and O–H groups in total. The third-order valence-electron chi connectivity index (χ3n) is 3.81. The van der Waals surface area contributed by atoms with Gasteiger partial charge < -0.3 is 14.4 Å². The van der Waals surface area contributed by atoms with Crippen LogP contribution in [0.25, 0.3) is 0 Å². The van der Waals surface area contributed by atoms with E-state index in [2.05, 4.69) is 0 Å². The molecule has 0 radical (unpaired) electrons. The summed E-state index contributed by atoms with van der Waals surface area (Å²) in [7, 11) is 1.75. The first-order valence-corrected chi connectivity index (χ1v) is 7.17. The van der Waals surface area contributed by atoms with Crippen molar-refractivity contribution in [2.24, 2.45) is 5.92 Å². The van der Waals surface area contributed by atoms with E-state index in [1.165, 1.54) is 0 Å². The van der Waals surface area contributed by atoms with E-state index >= 15 is 0 Å². The molecule has 116 valence electrons. The summed E-state index contributed by atoms with van der Waals surface area (Å²) >= 11 is 0. The first kappa shape index (κ1) is 15.6. The van der Waals surface area contributed by atoms with Gasteiger partial charge in [0.2, 0.25) is 5.91 Å². The van der Waals surface area contributed by atoms with Gasteiger partial charge in [0.1, 0.15) is 11.5 Å². The molecule has 1 unspecified atom stereocenters. The molecular weight excluding hydrogens is 272 g/mol. The summed E-state index contributed by atoms with van der Waals surface area (Å²) in [5.74, 6) is 1.03. The van der Waals surface area contributed by atoms with E-state index in [1.807, 2.05) is 24.0 Å². The normalized spacial score (nSPS) is 18.9. The number of amides is 1. The second-order valence-corrected chi connectivity index (χ2v) is 5.75. The third-order valence-corrected chi connectivity index (χ3v) is 3.81. The van der Waals surface area contributed by atoms with E-state index in [9.17, 15) is 9.59 Å². The lowest BCUT2D eigenvalue weighted by Crippen LogP contribution is -2.37. The van der Waals surface area contributed by atoms with Crippen LogP contribution < -0.4 is 0 Å². The number of hydrogen-bond donors (Lipinski definition) is 1. The zero-order chi connectivity index (χ0) is 15.4. The fraction of sp³-hybridized carbons (Fsp3) is 0.600. The summed E-state index contributed by atoms with van der Waals surface area (Å²) in [4.78, 5) is 26.5. The van der Waals surface area contributed by atoms with E-state index < -0.39 is 5.97 Å². The van der Waals surface area contributed by atoms with Gasteiger partial charge in [0, 0.05) is 20.0 Å². The molecule has 6 nitrogen and oxygen atoms in total. The number of nitrogens with zero attached hydrogens (tertiary/aromatic N) is 2. The summed E-state index contributed by atoms with van der Waals surface area (Å²) in [5, 5.41) is 8.79. The van der Waals surface area contributed by atoms with E-state index in [0.29, 0.717) is 19.6 Å². The van der Waals surface area contributed by atoms with Crippen molar-refractivity contribution >= 4 is 11.9 Å². The fourth-order valence-corrected chi connectivity index (χ4v) is 2.67. The number of furan rings is 1. The van der Waals surface area contributed by atoms with Crippen LogP contribution in [0.5, 0.6) is 0 Å². The number of carbonyl (C=O) groups is 2. The Morgan fingerprint density at radius 2 is 2.24 bits per heavy atom. The number of likely N-dealkylation sites (N-methyl/N-ethyl adjacent to an activating group) is 1. The maximum Gasteiger partial charge on any atom is 0.303 e. The van der Waals surface area contributed by atoms with E-state index in [1.54, 1.807) is 11.9 Å². The average Bonchev–Trinajstić information content (AvgIpc) is 2.98. The minimum Gasteiger partial charge on any atom is -0.481 e. The maximum atomic E-state index is 12.2. The van der Waals surface area contributed by atoms with Crippen molar-refractivity contribution in [2.75, 3.05) is 26.7 Å². The van der Waals surface area contributed by atoms with Crippen LogP contribution in [0.3, 0.4) is 0 Å². The van der Waals surface area contributed by atoms with Gasteiger partial charge in [-0.05, 0) is 37.9 Å². The van der Waals surface area contributed by atoms with Crippen LogP contribution in [0.4, 0.5) is 0 Å². The molecule has 6 heteroatoms. The van der Waals surface area contributed by atoms with Crippen LogP contribution in [0, 0.1) is 12.8 Å². The topological polar surface area (TPSA) is 74.0 Å². The maximum absolute atomic E-state index is 12.2. The standard InChI is InChI=1S/C15H22N2O4/c1-11-3-4-13(21-11)9-16(2)14(18)10-17-6-5-12(8-17)7-15(19)20/h3-4,12H,5-10H2,1-2H3,(H,19,20). The first-order valence-electron chi connectivity index (χ1n) is 7.17. The highest BCUT2D eigenvalue weighted by Gasteiger charge is 2.26. The number of rotatable bonds is 6. The van der Waals surface area contributed by atoms with Crippen LogP contribution in [-0.4, -0.2) is 53.5 Å². The summed E-state index contributed by atoms with van der Waals surface area (Å²) < 4.78 is 5.46. The van der Waals surface area contributed by atoms with Crippen molar-refractivity contribution in [1.29, 1.82) is 0 Å². The van der Waals surface area contributed by atoms with Crippen molar-refractivity contribution in [2.45, 2.75) is 26.3 Å². The Bertz CT molecular complexity index is 512. The number of carboxylic acid groups (broad SMARTS) is 1. The Kier molecular flexibility index (Phi) is 5.01. The lowest BCUT2D eigenvalue weighted by atomic mass is 10.1. The van der Waals surface area contributed by atoms with Gasteiger partial charge in [-0.3, -0.25) is 14.5 Å². The lowest BCUT2D eigenvalue weighted by Gasteiger charge is -2.20. The van der Waals surface area contributed by atoms with Crippen LogP contribution in [-0.2, 0) is 16.1 Å². The molecule has 1 aliphatic heterocycles. The molecule has 21 heavy (non-hydrogen) atoms. The van der Waals surface area contributed by atoms with Crippen molar-refractivity contribution in [3.8, 4) is 0 Å². The van der Waals surface area contributed by atoms with E-state index in [-0.39, 0.29) is 18.2 Å². The number of likely N-dealkylation sites (tertiary alicyclic amines) is 1. The highest BCUT2D eigenvalue weighted by Crippen LogP contribution is 2.19. The predicted molar refractivity (Wildman–Crippen MR) is 76.7 cm³/mol. The molecule has 2 heterocycles. The summed E-state index contributed by atoms with van der Waals surface area (Å²) in [5.41, 5.74) is 0. The van der Waals surface area contributed by atoms with Crippen LogP contribution in [0.2, 0.25) is 0 Å². The molecule has 1 aromatic heterocycles. The van der Waals surface area contributed by atoms with Crippen molar-refractivity contribution < 1.29 is 19.1 Å². The van der Waals surface area contributed by atoms with Crippen LogP contribution in [0.1, 0.15) is 24.4 Å². The van der Waals surface area contributed by atoms with Crippen molar-refractivity contribution in [3.05, 3.63) is 23.7 Å². The molecule has 0 saturated carbocycles. The molecular formula is C15H22N2O4. The number of hydrogen-bond acceptors (Lipinski definition) is 4. The van der Waals surface area contributed by atoms with Gasteiger partial charge in [0.05, 0.1) is 13.1 Å². The molecule has 1 fully saturated rings. The Labute approximate surface area is 124 Å². The second-order valence-electron chi connectivity index (χ2n) is 5.75. The summed E-state index contributed by atoms with van der Waals surface area (Å²) in [6, 6.07) is 3.75. The monoisotopic (exact) mass is 294 g/mol. The quantitative estimate of drug-likeness (QED) is 0.857. The third kappa shape index (κ3) is 4.60. The zero-order valence-electron chi connectivity index (χ0n) is 12.5. The predicted octanol–water partition coefficient (Wildman–Crippen LogP) is 1.34. The molecule has 1 aliphatic rings. The molecule has 0 aromatic carbocycles. The van der Waals surface area contributed by atoms with Crippen molar-refractivity contribution in [1.82, 2.24) is 9.80 Å². The SMILES string of the molecule is Cc1ccc(CN(C)C(=O)CN2CCC(CC(=O)O)C2)o1. The van der Waals surface area contributed by atoms with Gasteiger partial charge in [-0.2, -0.15) is 0 Å². The van der Waals surface area contributed by atoms with Gasteiger partial charge in [-0.15, -0.1) is 0 Å². The Hall–Kier alpha value is -1.82. The zero-order valence-corrected chi connectivity index (χ0v) is 12.5. The van der Waals surface area contributed by atoms with Crippen LogP contribution in [0.15, 0.2) is 16.5 Å². The number of aliphatic carboxylic acids is 1. The second kappa shape index (κ2) is 6.76. The minimum absolute atomic E-state index is 0.0278. The molecule has 1 saturated heterocycles. The number of aryl methyl sites for hydroxylation is 1. The smallest absolute Gasteiger partial charge is 0.303 e. The van der Waals surface area contributed by atoms with Crippen molar-refractivity contribution in [3.63, 3.8) is 0 Å². The average molecular weight is 294 g/mol. The fourth-order valence-electron chi connectivity index (χ4n) is 2.67. The van der Waals surface area contributed by atoms with Gasteiger partial charge in [0.15, 0.2) is 0 Å². The van der Waals surface area contributed by atoms with Gasteiger partial charge in [-0.1, -0.05) is 0 Å². The van der Waals surface area contributed by atoms with Gasteiger partial charge in [0.25, 0.3) is 0 Å². The lowest BCUT2D eigenvalue weighted by molar-refractivity contribution is -0.138. The summed E-state index contributed by atoms with van der Waals surface area (Å²) in [6.45, 7) is 4.15. The Morgan fingerprint density at radius 1 is 1.48 bits per heavy atom. The highest BCUT2D eigenvalue weighted by atomic mass is 16.4. The Morgan fingerprint density at radius 3 is 2.86 bits per heavy atom. The molecule has 2 rings (SSSR count). The van der Waals surface area contributed by atoms with Gasteiger partial charge >= 0.3 is 5.97 Å². The number of carbonyl (C=O) groups excluding carboxylic acids is 1. The number of carboxylic acids is 1. The molecule has 0 bridgehead atoms. The van der Waals surface area contributed by atoms with Gasteiger partial charge in [-0.25, -0.2) is 0 Å². The molecule has 0 spiro atoms.